The molecule has 2 rings (SSSR count). The minimum atomic E-state index is -4.01. The standard InChI is InChI=1S/C13H10ClF2NO2S/c14-10-2-1-3-12(17)9(10)7-20(18,19)13-5-4-8(15)6-11(13)16/h1-6H,7,17H2. The number of nitrogens with two attached hydrogens (primary N) is 1. The van der Waals surface area contributed by atoms with Gasteiger partial charge in [-0.1, -0.05) is 17.7 Å². The summed E-state index contributed by atoms with van der Waals surface area (Å²) in [6, 6.07) is 6.84. The molecule has 0 bridgehead atoms. The summed E-state index contributed by atoms with van der Waals surface area (Å²) in [7, 11) is -4.01. The van der Waals surface area contributed by atoms with E-state index >= 15 is 0 Å². The lowest BCUT2D eigenvalue weighted by Crippen LogP contribution is -2.09. The van der Waals surface area contributed by atoms with Gasteiger partial charge in [-0.3, -0.25) is 0 Å². The van der Waals surface area contributed by atoms with Gasteiger partial charge in [0, 0.05) is 22.3 Å². The molecule has 0 spiro atoms. The van der Waals surface area contributed by atoms with Crippen molar-refractivity contribution in [2.24, 2.45) is 0 Å². The molecule has 0 atom stereocenters. The van der Waals surface area contributed by atoms with E-state index in [4.69, 9.17) is 17.3 Å². The molecule has 0 radical (unpaired) electrons. The van der Waals surface area contributed by atoms with Crippen LogP contribution in [-0.4, -0.2) is 8.42 Å². The van der Waals surface area contributed by atoms with E-state index in [1.807, 2.05) is 0 Å². The predicted molar refractivity (Wildman–Crippen MR) is 73.1 cm³/mol. The molecular formula is C13H10ClF2NO2S. The Kier molecular flexibility index (Phi) is 3.96. The van der Waals surface area contributed by atoms with Gasteiger partial charge in [0.05, 0.1) is 5.75 Å². The summed E-state index contributed by atoms with van der Waals surface area (Å²) in [5, 5.41) is 0.177. The molecule has 7 heteroatoms. The molecule has 0 saturated carbocycles. The number of hydrogen-bond donors (Lipinski definition) is 1. The summed E-state index contributed by atoms with van der Waals surface area (Å²) in [4.78, 5) is -0.585. The van der Waals surface area contributed by atoms with Crippen LogP contribution in [0.5, 0.6) is 0 Å². The molecule has 2 aromatic rings. The molecule has 0 unspecified atom stereocenters. The molecular weight excluding hydrogens is 308 g/mol. The summed E-state index contributed by atoms with van der Waals surface area (Å²) in [5.74, 6) is -2.55. The molecule has 20 heavy (non-hydrogen) atoms. The molecule has 2 aromatic carbocycles. The van der Waals surface area contributed by atoms with Gasteiger partial charge in [0.25, 0.3) is 0 Å². The van der Waals surface area contributed by atoms with E-state index in [9.17, 15) is 17.2 Å². The first-order chi connectivity index (χ1) is 9.31. The van der Waals surface area contributed by atoms with Crippen LogP contribution in [0.1, 0.15) is 5.56 Å². The third-order valence-corrected chi connectivity index (χ3v) is 4.74. The van der Waals surface area contributed by atoms with Crippen LogP contribution in [0.15, 0.2) is 41.3 Å². The predicted octanol–water partition coefficient (Wildman–Crippen LogP) is 3.17. The SMILES string of the molecule is Nc1cccc(Cl)c1CS(=O)(=O)c1ccc(F)cc1F. The van der Waals surface area contributed by atoms with Gasteiger partial charge >= 0.3 is 0 Å². The number of halogens is 3. The molecule has 0 aliphatic rings. The Morgan fingerprint density at radius 1 is 1.15 bits per heavy atom. The highest BCUT2D eigenvalue weighted by molar-refractivity contribution is 7.90. The van der Waals surface area contributed by atoms with Crippen molar-refractivity contribution in [3.8, 4) is 0 Å². The van der Waals surface area contributed by atoms with Crippen LogP contribution >= 0.6 is 11.6 Å². The minimum Gasteiger partial charge on any atom is -0.398 e. The highest BCUT2D eigenvalue weighted by atomic mass is 35.5. The van der Waals surface area contributed by atoms with Gasteiger partial charge in [-0.25, -0.2) is 17.2 Å². The molecule has 0 aliphatic carbocycles. The Labute approximate surface area is 119 Å². The quantitative estimate of drug-likeness (QED) is 0.698. The summed E-state index contributed by atoms with van der Waals surface area (Å²) in [5.41, 5.74) is 6.06. The summed E-state index contributed by atoms with van der Waals surface area (Å²) < 4.78 is 50.7. The number of rotatable bonds is 3. The van der Waals surface area contributed by atoms with Gasteiger partial charge in [0.1, 0.15) is 16.5 Å². The Morgan fingerprint density at radius 2 is 1.85 bits per heavy atom. The fourth-order valence-electron chi connectivity index (χ4n) is 1.72. The molecule has 0 fully saturated rings. The molecule has 3 nitrogen and oxygen atoms in total. The van der Waals surface area contributed by atoms with Crippen LogP contribution in [0.4, 0.5) is 14.5 Å². The lowest BCUT2D eigenvalue weighted by Gasteiger charge is -2.09. The Balaban J connectivity index is 2.46. The van der Waals surface area contributed by atoms with E-state index in [2.05, 4.69) is 0 Å². The summed E-state index contributed by atoms with van der Waals surface area (Å²) >= 11 is 5.89. The van der Waals surface area contributed by atoms with E-state index in [0.717, 1.165) is 12.1 Å². The van der Waals surface area contributed by atoms with E-state index < -0.39 is 32.1 Å². The first kappa shape index (κ1) is 14.7. The summed E-state index contributed by atoms with van der Waals surface area (Å²) in [6.45, 7) is 0. The van der Waals surface area contributed by atoms with Crippen LogP contribution < -0.4 is 5.73 Å². The molecule has 106 valence electrons. The van der Waals surface area contributed by atoms with Gasteiger partial charge in [-0.05, 0) is 24.3 Å². The average molecular weight is 318 g/mol. The van der Waals surface area contributed by atoms with Gasteiger partial charge in [0.2, 0.25) is 0 Å². The van der Waals surface area contributed by atoms with Crippen molar-refractivity contribution in [3.05, 3.63) is 58.6 Å². The monoisotopic (exact) mass is 317 g/mol. The largest absolute Gasteiger partial charge is 0.398 e. The van der Waals surface area contributed by atoms with E-state index in [1.165, 1.54) is 12.1 Å². The first-order valence-electron chi connectivity index (χ1n) is 5.52. The van der Waals surface area contributed by atoms with Crippen molar-refractivity contribution in [2.75, 3.05) is 5.73 Å². The molecule has 0 aromatic heterocycles. The zero-order chi connectivity index (χ0) is 14.9. The van der Waals surface area contributed by atoms with Crippen molar-refractivity contribution in [1.82, 2.24) is 0 Å². The van der Waals surface area contributed by atoms with Crippen molar-refractivity contribution < 1.29 is 17.2 Å². The number of anilines is 1. The highest BCUT2D eigenvalue weighted by Crippen LogP contribution is 2.28. The Bertz CT molecular complexity index is 743. The first-order valence-corrected chi connectivity index (χ1v) is 7.55. The van der Waals surface area contributed by atoms with Crippen LogP contribution in [0, 0.1) is 11.6 Å². The maximum absolute atomic E-state index is 13.6. The van der Waals surface area contributed by atoms with E-state index in [-0.39, 0.29) is 16.3 Å². The fraction of sp³-hybridized carbons (Fsp3) is 0.0769. The van der Waals surface area contributed by atoms with Crippen molar-refractivity contribution in [3.63, 3.8) is 0 Å². The van der Waals surface area contributed by atoms with E-state index in [1.54, 1.807) is 6.07 Å². The zero-order valence-corrected chi connectivity index (χ0v) is 11.7. The van der Waals surface area contributed by atoms with Gasteiger partial charge < -0.3 is 5.73 Å². The van der Waals surface area contributed by atoms with Gasteiger partial charge in [-0.2, -0.15) is 0 Å². The van der Waals surface area contributed by atoms with Crippen LogP contribution in [0.3, 0.4) is 0 Å². The second-order valence-corrected chi connectivity index (χ2v) is 6.51. The number of hydrogen-bond acceptors (Lipinski definition) is 3. The lowest BCUT2D eigenvalue weighted by atomic mass is 10.2. The summed E-state index contributed by atoms with van der Waals surface area (Å²) in [6.07, 6.45) is 0. The van der Waals surface area contributed by atoms with Gasteiger partial charge in [-0.15, -0.1) is 0 Å². The zero-order valence-electron chi connectivity index (χ0n) is 10.1. The number of benzene rings is 2. The lowest BCUT2D eigenvalue weighted by molar-refractivity contribution is 0.549. The normalized spacial score (nSPS) is 11.6. The third-order valence-electron chi connectivity index (χ3n) is 2.72. The molecule has 0 aliphatic heterocycles. The maximum atomic E-state index is 13.6. The van der Waals surface area contributed by atoms with Gasteiger partial charge in [0.15, 0.2) is 9.84 Å². The van der Waals surface area contributed by atoms with Crippen LogP contribution in [0.2, 0.25) is 5.02 Å². The van der Waals surface area contributed by atoms with Crippen molar-refractivity contribution >= 4 is 27.1 Å². The second kappa shape index (κ2) is 5.38. The topological polar surface area (TPSA) is 60.2 Å². The number of nitrogen functional groups attached to an aromatic ring is 1. The van der Waals surface area contributed by atoms with Crippen LogP contribution in [0.25, 0.3) is 0 Å². The number of sulfone groups is 1. The molecule has 2 N–H and O–H groups in total. The average Bonchev–Trinajstić information content (AvgIpc) is 2.33. The van der Waals surface area contributed by atoms with E-state index in [0.29, 0.717) is 6.07 Å². The Morgan fingerprint density at radius 3 is 2.45 bits per heavy atom. The highest BCUT2D eigenvalue weighted by Gasteiger charge is 2.22. The van der Waals surface area contributed by atoms with Crippen LogP contribution in [-0.2, 0) is 15.6 Å². The van der Waals surface area contributed by atoms with Crippen molar-refractivity contribution in [1.29, 1.82) is 0 Å². The molecule has 0 saturated heterocycles. The Hall–Kier alpha value is -1.66. The fourth-order valence-corrected chi connectivity index (χ4v) is 3.54. The third kappa shape index (κ3) is 2.91. The smallest absolute Gasteiger partial charge is 0.185 e. The second-order valence-electron chi connectivity index (χ2n) is 4.14. The van der Waals surface area contributed by atoms with Crippen molar-refractivity contribution in [2.45, 2.75) is 10.6 Å². The maximum Gasteiger partial charge on any atom is 0.185 e. The molecule has 0 amide bonds. The molecule has 0 heterocycles. The minimum absolute atomic E-state index is 0.177.